The number of nitrogens with one attached hydrogen (secondary N) is 1. The SMILES string of the molecule is CCN(CC)c1ccc(NC(=O)c2ccc(C(=O)N3CCCCC3)cc2)cc1. The molecule has 3 rings (SSSR count). The second-order valence-electron chi connectivity index (χ2n) is 7.10. The van der Waals surface area contributed by atoms with Crippen LogP contribution < -0.4 is 10.2 Å². The van der Waals surface area contributed by atoms with E-state index in [0.29, 0.717) is 11.1 Å². The molecule has 1 aliphatic rings. The zero-order chi connectivity index (χ0) is 19.9. The normalized spacial score (nSPS) is 13.9. The van der Waals surface area contributed by atoms with Gasteiger partial charge in [0.2, 0.25) is 0 Å². The highest BCUT2D eigenvalue weighted by Crippen LogP contribution is 2.19. The number of benzene rings is 2. The molecule has 1 heterocycles. The van der Waals surface area contributed by atoms with Crippen molar-refractivity contribution in [3.05, 3.63) is 59.7 Å². The molecule has 1 N–H and O–H groups in total. The Hall–Kier alpha value is -2.82. The van der Waals surface area contributed by atoms with Crippen molar-refractivity contribution in [3.63, 3.8) is 0 Å². The number of piperidine rings is 1. The number of hydrogen-bond acceptors (Lipinski definition) is 3. The van der Waals surface area contributed by atoms with Gasteiger partial charge >= 0.3 is 0 Å². The molecule has 5 heteroatoms. The lowest BCUT2D eigenvalue weighted by molar-refractivity contribution is 0.0724. The summed E-state index contributed by atoms with van der Waals surface area (Å²) in [6.07, 6.45) is 3.33. The molecule has 0 spiro atoms. The Morgan fingerprint density at radius 2 is 1.43 bits per heavy atom. The minimum absolute atomic E-state index is 0.0543. The molecule has 5 nitrogen and oxygen atoms in total. The summed E-state index contributed by atoms with van der Waals surface area (Å²) in [7, 11) is 0. The molecular formula is C23H29N3O2. The van der Waals surface area contributed by atoms with E-state index < -0.39 is 0 Å². The molecule has 2 amide bonds. The maximum Gasteiger partial charge on any atom is 0.255 e. The first-order valence-electron chi connectivity index (χ1n) is 10.2. The number of carbonyl (C=O) groups is 2. The predicted octanol–water partition coefficient (Wildman–Crippen LogP) is 4.41. The lowest BCUT2D eigenvalue weighted by Gasteiger charge is -2.26. The molecule has 0 bridgehead atoms. The lowest BCUT2D eigenvalue weighted by Crippen LogP contribution is -2.35. The van der Waals surface area contributed by atoms with Gasteiger partial charge in [0.1, 0.15) is 0 Å². The number of carbonyl (C=O) groups excluding carboxylic acids is 2. The molecule has 1 fully saturated rings. The molecule has 2 aromatic carbocycles. The number of nitrogens with zero attached hydrogens (tertiary/aromatic N) is 2. The zero-order valence-electron chi connectivity index (χ0n) is 16.8. The first-order chi connectivity index (χ1) is 13.6. The summed E-state index contributed by atoms with van der Waals surface area (Å²) in [5.74, 6) is -0.119. The van der Waals surface area contributed by atoms with Gasteiger partial charge in [0.25, 0.3) is 11.8 Å². The Morgan fingerprint density at radius 3 is 2.00 bits per heavy atom. The van der Waals surface area contributed by atoms with E-state index in [-0.39, 0.29) is 11.8 Å². The van der Waals surface area contributed by atoms with Crippen LogP contribution >= 0.6 is 0 Å². The summed E-state index contributed by atoms with van der Waals surface area (Å²) >= 11 is 0. The molecule has 0 aliphatic carbocycles. The molecule has 1 aliphatic heterocycles. The van der Waals surface area contributed by atoms with E-state index in [4.69, 9.17) is 0 Å². The molecular weight excluding hydrogens is 350 g/mol. The van der Waals surface area contributed by atoms with Crippen LogP contribution in [0.4, 0.5) is 11.4 Å². The predicted molar refractivity (Wildman–Crippen MR) is 114 cm³/mol. The van der Waals surface area contributed by atoms with Gasteiger partial charge in [-0.25, -0.2) is 0 Å². The van der Waals surface area contributed by atoms with E-state index in [0.717, 1.165) is 50.4 Å². The van der Waals surface area contributed by atoms with Crippen molar-refractivity contribution in [2.45, 2.75) is 33.1 Å². The van der Waals surface area contributed by atoms with Crippen LogP contribution in [0.2, 0.25) is 0 Å². The Kier molecular flexibility index (Phi) is 6.69. The van der Waals surface area contributed by atoms with E-state index in [2.05, 4.69) is 24.1 Å². The highest BCUT2D eigenvalue weighted by molar-refractivity contribution is 6.05. The van der Waals surface area contributed by atoms with Crippen LogP contribution in [0.1, 0.15) is 53.8 Å². The van der Waals surface area contributed by atoms with Gasteiger partial charge in [-0.3, -0.25) is 9.59 Å². The quantitative estimate of drug-likeness (QED) is 0.809. The van der Waals surface area contributed by atoms with Crippen LogP contribution in [0, 0.1) is 0 Å². The third-order valence-electron chi connectivity index (χ3n) is 5.29. The maximum atomic E-state index is 12.5. The summed E-state index contributed by atoms with van der Waals surface area (Å²) < 4.78 is 0. The summed E-state index contributed by atoms with van der Waals surface area (Å²) in [6.45, 7) is 7.79. The Labute approximate surface area is 167 Å². The highest BCUT2D eigenvalue weighted by atomic mass is 16.2. The number of hydrogen-bond donors (Lipinski definition) is 1. The number of amides is 2. The average Bonchev–Trinajstić information content (AvgIpc) is 2.76. The topological polar surface area (TPSA) is 52.7 Å². The van der Waals surface area contributed by atoms with E-state index in [1.807, 2.05) is 29.2 Å². The Balaban J connectivity index is 1.62. The molecule has 0 aromatic heterocycles. The Morgan fingerprint density at radius 1 is 0.857 bits per heavy atom. The molecule has 1 saturated heterocycles. The van der Waals surface area contributed by atoms with Crippen LogP contribution in [0.5, 0.6) is 0 Å². The standard InChI is InChI=1S/C23H29N3O2/c1-3-25(4-2)21-14-12-20(13-15-21)24-22(27)18-8-10-19(11-9-18)23(28)26-16-6-5-7-17-26/h8-15H,3-7,16-17H2,1-2H3,(H,24,27). The fourth-order valence-corrected chi connectivity index (χ4v) is 3.59. The number of likely N-dealkylation sites (tertiary alicyclic amines) is 1. The van der Waals surface area contributed by atoms with Gasteiger partial charge in [-0.1, -0.05) is 0 Å². The maximum absolute atomic E-state index is 12.5. The van der Waals surface area contributed by atoms with E-state index in [1.165, 1.54) is 6.42 Å². The molecule has 0 atom stereocenters. The monoisotopic (exact) mass is 379 g/mol. The highest BCUT2D eigenvalue weighted by Gasteiger charge is 2.18. The van der Waals surface area contributed by atoms with E-state index in [9.17, 15) is 9.59 Å². The van der Waals surface area contributed by atoms with Crippen molar-refractivity contribution in [2.75, 3.05) is 36.4 Å². The molecule has 0 saturated carbocycles. The first kappa shape index (κ1) is 19.9. The van der Waals surface area contributed by atoms with Crippen molar-refractivity contribution < 1.29 is 9.59 Å². The molecule has 28 heavy (non-hydrogen) atoms. The van der Waals surface area contributed by atoms with Gasteiger partial charge in [0.15, 0.2) is 0 Å². The third kappa shape index (κ3) is 4.71. The van der Waals surface area contributed by atoms with Crippen LogP contribution in [-0.4, -0.2) is 42.9 Å². The lowest BCUT2D eigenvalue weighted by atomic mass is 10.1. The van der Waals surface area contributed by atoms with Crippen LogP contribution in [-0.2, 0) is 0 Å². The summed E-state index contributed by atoms with van der Waals surface area (Å²) in [6, 6.07) is 14.8. The minimum Gasteiger partial charge on any atom is -0.372 e. The van der Waals surface area contributed by atoms with Crippen molar-refractivity contribution in [2.24, 2.45) is 0 Å². The van der Waals surface area contributed by atoms with Gasteiger partial charge in [0, 0.05) is 48.7 Å². The minimum atomic E-state index is -0.174. The number of rotatable bonds is 6. The largest absolute Gasteiger partial charge is 0.372 e. The van der Waals surface area contributed by atoms with Crippen LogP contribution in [0.15, 0.2) is 48.5 Å². The fourth-order valence-electron chi connectivity index (χ4n) is 3.59. The molecule has 2 aromatic rings. The van der Waals surface area contributed by atoms with Gasteiger partial charge < -0.3 is 15.1 Å². The molecule has 0 unspecified atom stereocenters. The van der Waals surface area contributed by atoms with Crippen LogP contribution in [0.3, 0.4) is 0 Å². The summed E-state index contributed by atoms with van der Waals surface area (Å²) in [5, 5.41) is 2.92. The van der Waals surface area contributed by atoms with Gasteiger partial charge in [-0.2, -0.15) is 0 Å². The molecule has 148 valence electrons. The van der Waals surface area contributed by atoms with Crippen molar-refractivity contribution in [3.8, 4) is 0 Å². The van der Waals surface area contributed by atoms with Crippen molar-refractivity contribution in [1.29, 1.82) is 0 Å². The van der Waals surface area contributed by atoms with E-state index in [1.54, 1.807) is 24.3 Å². The average molecular weight is 380 g/mol. The smallest absolute Gasteiger partial charge is 0.255 e. The summed E-state index contributed by atoms with van der Waals surface area (Å²) in [5.41, 5.74) is 3.09. The first-order valence-corrected chi connectivity index (χ1v) is 10.2. The van der Waals surface area contributed by atoms with Gasteiger partial charge in [-0.15, -0.1) is 0 Å². The van der Waals surface area contributed by atoms with Crippen molar-refractivity contribution in [1.82, 2.24) is 4.90 Å². The van der Waals surface area contributed by atoms with Gasteiger partial charge in [-0.05, 0) is 81.6 Å². The van der Waals surface area contributed by atoms with E-state index >= 15 is 0 Å². The summed E-state index contributed by atoms with van der Waals surface area (Å²) in [4.78, 5) is 29.2. The molecule has 0 radical (unpaired) electrons. The van der Waals surface area contributed by atoms with Crippen molar-refractivity contribution >= 4 is 23.2 Å². The second-order valence-corrected chi connectivity index (χ2v) is 7.10. The number of anilines is 2. The Bertz CT molecular complexity index is 790. The second kappa shape index (κ2) is 9.40. The van der Waals surface area contributed by atoms with Crippen LogP contribution in [0.25, 0.3) is 0 Å². The fraction of sp³-hybridized carbons (Fsp3) is 0.391. The van der Waals surface area contributed by atoms with Gasteiger partial charge in [0.05, 0.1) is 0 Å². The zero-order valence-corrected chi connectivity index (χ0v) is 16.8. The third-order valence-corrected chi connectivity index (χ3v) is 5.29.